The zero-order chi connectivity index (χ0) is 12.8. The fraction of sp³-hybridized carbons (Fsp3) is 0.615. The fourth-order valence-electron chi connectivity index (χ4n) is 2.35. The summed E-state index contributed by atoms with van der Waals surface area (Å²) in [6.07, 6.45) is 8.42. The lowest BCUT2D eigenvalue weighted by Gasteiger charge is -2.24. The standard InChI is InChI=1S/C13H20FN3O/c14-11-7-10(8-16-9-11)13(17-15)5-4-12-3-1-2-6-18-12/h7-9,12-13,17H,1-6,15H2. The average Bonchev–Trinajstić information content (AvgIpc) is 2.41. The number of ether oxygens (including phenoxy) is 1. The molecule has 0 amide bonds. The van der Waals surface area contributed by atoms with Crippen molar-refractivity contribution in [2.45, 2.75) is 44.2 Å². The van der Waals surface area contributed by atoms with Crippen LogP contribution in [0.3, 0.4) is 0 Å². The molecule has 1 aliphatic rings. The first-order chi connectivity index (χ1) is 8.79. The minimum Gasteiger partial charge on any atom is -0.378 e. The summed E-state index contributed by atoms with van der Waals surface area (Å²) in [7, 11) is 0. The third-order valence-electron chi connectivity index (χ3n) is 3.38. The van der Waals surface area contributed by atoms with Gasteiger partial charge >= 0.3 is 0 Å². The van der Waals surface area contributed by atoms with Crippen LogP contribution in [0.2, 0.25) is 0 Å². The van der Waals surface area contributed by atoms with Gasteiger partial charge in [0.1, 0.15) is 5.82 Å². The van der Waals surface area contributed by atoms with Crippen LogP contribution in [0.1, 0.15) is 43.7 Å². The van der Waals surface area contributed by atoms with E-state index in [0.29, 0.717) is 6.10 Å². The minimum atomic E-state index is -0.332. The normalized spacial score (nSPS) is 21.8. The highest BCUT2D eigenvalue weighted by Crippen LogP contribution is 2.23. The summed E-state index contributed by atoms with van der Waals surface area (Å²) >= 11 is 0. The van der Waals surface area contributed by atoms with Crippen molar-refractivity contribution < 1.29 is 9.13 Å². The van der Waals surface area contributed by atoms with Gasteiger partial charge in [0.2, 0.25) is 0 Å². The molecular weight excluding hydrogens is 233 g/mol. The molecule has 1 aromatic rings. The third-order valence-corrected chi connectivity index (χ3v) is 3.38. The van der Waals surface area contributed by atoms with Gasteiger partial charge in [0.15, 0.2) is 0 Å². The second-order valence-corrected chi connectivity index (χ2v) is 4.72. The quantitative estimate of drug-likeness (QED) is 0.623. The molecule has 0 aromatic carbocycles. The van der Waals surface area contributed by atoms with Crippen LogP contribution in [0.15, 0.2) is 18.5 Å². The van der Waals surface area contributed by atoms with Gasteiger partial charge in [-0.05, 0) is 43.7 Å². The molecule has 0 radical (unpaired) electrons. The molecular formula is C13H20FN3O. The monoisotopic (exact) mass is 253 g/mol. The molecule has 1 fully saturated rings. The first-order valence-electron chi connectivity index (χ1n) is 6.48. The van der Waals surface area contributed by atoms with Crippen LogP contribution >= 0.6 is 0 Å². The molecule has 0 spiro atoms. The maximum atomic E-state index is 13.1. The fourth-order valence-corrected chi connectivity index (χ4v) is 2.35. The Balaban J connectivity index is 1.88. The SMILES string of the molecule is NNC(CCC1CCCCO1)c1cncc(F)c1. The molecule has 1 aromatic heterocycles. The Hall–Kier alpha value is -1.04. The predicted molar refractivity (Wildman–Crippen MR) is 67.1 cm³/mol. The molecule has 1 saturated heterocycles. The van der Waals surface area contributed by atoms with Crippen LogP contribution in [0, 0.1) is 5.82 Å². The van der Waals surface area contributed by atoms with Gasteiger partial charge in [-0.2, -0.15) is 0 Å². The topological polar surface area (TPSA) is 60.2 Å². The summed E-state index contributed by atoms with van der Waals surface area (Å²) in [6, 6.07) is 1.40. The smallest absolute Gasteiger partial charge is 0.141 e. The number of pyridine rings is 1. The second kappa shape index (κ2) is 6.78. The first kappa shape index (κ1) is 13.4. The summed E-state index contributed by atoms with van der Waals surface area (Å²) in [4.78, 5) is 3.85. The number of nitrogens with one attached hydrogen (secondary N) is 1. The van der Waals surface area contributed by atoms with Gasteiger partial charge in [-0.25, -0.2) is 4.39 Å². The summed E-state index contributed by atoms with van der Waals surface area (Å²) in [5.74, 6) is 5.20. The zero-order valence-electron chi connectivity index (χ0n) is 10.4. The highest BCUT2D eigenvalue weighted by Gasteiger charge is 2.17. The van der Waals surface area contributed by atoms with E-state index in [1.54, 1.807) is 6.20 Å². The number of hydrazine groups is 1. The maximum absolute atomic E-state index is 13.1. The third kappa shape index (κ3) is 3.73. The van der Waals surface area contributed by atoms with E-state index >= 15 is 0 Å². The number of aromatic nitrogens is 1. The molecule has 0 bridgehead atoms. The Morgan fingerprint density at radius 1 is 1.50 bits per heavy atom. The molecule has 3 N–H and O–H groups in total. The van der Waals surface area contributed by atoms with Gasteiger partial charge < -0.3 is 4.74 Å². The number of halogens is 1. The first-order valence-corrected chi connectivity index (χ1v) is 6.48. The highest BCUT2D eigenvalue weighted by atomic mass is 19.1. The molecule has 0 aliphatic carbocycles. The van der Waals surface area contributed by atoms with Crippen molar-refractivity contribution in [1.29, 1.82) is 0 Å². The molecule has 2 rings (SSSR count). The Morgan fingerprint density at radius 3 is 3.06 bits per heavy atom. The van der Waals surface area contributed by atoms with Crippen LogP contribution in [0.4, 0.5) is 4.39 Å². The summed E-state index contributed by atoms with van der Waals surface area (Å²) in [5.41, 5.74) is 3.51. The number of rotatable bonds is 5. The number of hydrogen-bond acceptors (Lipinski definition) is 4. The average molecular weight is 253 g/mol. The molecule has 2 atom stereocenters. The van der Waals surface area contributed by atoms with E-state index in [4.69, 9.17) is 10.6 Å². The zero-order valence-corrected chi connectivity index (χ0v) is 10.4. The van der Waals surface area contributed by atoms with Gasteiger partial charge in [0, 0.05) is 18.8 Å². The van der Waals surface area contributed by atoms with Crippen LogP contribution in [0.5, 0.6) is 0 Å². The van der Waals surface area contributed by atoms with Gasteiger partial charge in [-0.3, -0.25) is 16.3 Å². The maximum Gasteiger partial charge on any atom is 0.141 e. The van der Waals surface area contributed by atoms with Gasteiger partial charge in [0.05, 0.1) is 12.3 Å². The van der Waals surface area contributed by atoms with Gasteiger partial charge in [-0.15, -0.1) is 0 Å². The molecule has 1 aliphatic heterocycles. The van der Waals surface area contributed by atoms with E-state index in [1.165, 1.54) is 18.7 Å². The lowest BCUT2D eigenvalue weighted by atomic mass is 9.98. The van der Waals surface area contributed by atoms with Crippen molar-refractivity contribution in [3.05, 3.63) is 29.8 Å². The van der Waals surface area contributed by atoms with E-state index in [1.807, 2.05) is 0 Å². The van der Waals surface area contributed by atoms with Crippen LogP contribution in [-0.4, -0.2) is 17.7 Å². The molecule has 5 heteroatoms. The Morgan fingerprint density at radius 2 is 2.39 bits per heavy atom. The van der Waals surface area contributed by atoms with E-state index in [0.717, 1.165) is 37.9 Å². The highest BCUT2D eigenvalue weighted by molar-refractivity contribution is 5.14. The van der Waals surface area contributed by atoms with Crippen LogP contribution in [0.25, 0.3) is 0 Å². The summed E-state index contributed by atoms with van der Waals surface area (Å²) in [6.45, 7) is 0.854. The molecule has 18 heavy (non-hydrogen) atoms. The van der Waals surface area contributed by atoms with Crippen molar-refractivity contribution in [1.82, 2.24) is 10.4 Å². The van der Waals surface area contributed by atoms with E-state index in [9.17, 15) is 4.39 Å². The Bertz CT molecular complexity index is 369. The van der Waals surface area contributed by atoms with E-state index in [2.05, 4.69) is 10.4 Å². The van der Waals surface area contributed by atoms with Crippen molar-refractivity contribution in [2.75, 3.05) is 6.61 Å². The minimum absolute atomic E-state index is 0.0706. The molecule has 2 unspecified atom stereocenters. The predicted octanol–water partition coefficient (Wildman–Crippen LogP) is 2.07. The van der Waals surface area contributed by atoms with Crippen LogP contribution < -0.4 is 11.3 Å². The van der Waals surface area contributed by atoms with Crippen LogP contribution in [-0.2, 0) is 4.74 Å². The van der Waals surface area contributed by atoms with E-state index < -0.39 is 0 Å². The van der Waals surface area contributed by atoms with Gasteiger partial charge in [-0.1, -0.05) is 0 Å². The lowest BCUT2D eigenvalue weighted by molar-refractivity contribution is 0.00853. The Kier molecular flexibility index (Phi) is 5.04. The number of nitrogens with zero attached hydrogens (tertiary/aromatic N) is 1. The molecule has 4 nitrogen and oxygen atoms in total. The largest absolute Gasteiger partial charge is 0.378 e. The van der Waals surface area contributed by atoms with E-state index in [-0.39, 0.29) is 11.9 Å². The summed E-state index contributed by atoms with van der Waals surface area (Å²) in [5, 5.41) is 0. The number of hydrogen-bond donors (Lipinski definition) is 2. The van der Waals surface area contributed by atoms with Crippen molar-refractivity contribution in [3.63, 3.8) is 0 Å². The van der Waals surface area contributed by atoms with Crippen molar-refractivity contribution in [3.8, 4) is 0 Å². The summed E-state index contributed by atoms with van der Waals surface area (Å²) < 4.78 is 18.8. The second-order valence-electron chi connectivity index (χ2n) is 4.72. The lowest BCUT2D eigenvalue weighted by Crippen LogP contribution is -2.30. The molecule has 2 heterocycles. The number of nitrogens with two attached hydrogens (primary N) is 1. The molecule has 0 saturated carbocycles. The van der Waals surface area contributed by atoms with Crippen molar-refractivity contribution in [2.24, 2.45) is 5.84 Å². The van der Waals surface area contributed by atoms with Gasteiger partial charge in [0.25, 0.3) is 0 Å². The Labute approximate surface area is 107 Å². The molecule has 100 valence electrons. The van der Waals surface area contributed by atoms with Crippen molar-refractivity contribution >= 4 is 0 Å².